The molecule has 66 heavy (non-hydrogen) atoms. The molecule has 0 aromatic carbocycles. The SMILES string of the molecule is CCCC/C=C/c1c(C)c2n3c1=CC1=NC(=Cc4c(C)c(C(=O)NCCC(=O)N[C@@H](CC(=O)OC)C(=O)OC)c(n4C3)C(CC(=O)OC)=C3N=C(C=2)[C@@H](C)[C@@H]3CCC(=O)OC)C(CC)=C1C. The third-order valence-electron chi connectivity index (χ3n) is 13.1. The molecular weight excluding hydrogens is 845 g/mol. The molecule has 2 aromatic rings. The summed E-state index contributed by atoms with van der Waals surface area (Å²) < 4.78 is 24.2. The molecule has 0 saturated carbocycles. The first kappa shape index (κ1) is 48.9. The number of amides is 2. The minimum Gasteiger partial charge on any atom is -0.469 e. The van der Waals surface area contributed by atoms with Crippen molar-refractivity contribution in [3.8, 4) is 0 Å². The highest BCUT2D eigenvalue weighted by atomic mass is 16.5. The standard InChI is InChI=1S/C50H62N6O10/c1-11-13-14-15-16-32-29(5)39-22-36-28(4)33(17-18-43(58)63-7)47(54-36)34(21-44(59)64-8)48-46(49(61)51-20-19-42(57)53-38(50(62)66-10)25-45(60)65-9)30(6)40-24-37-31(12-2)27(3)35(52-37)23-41(32)55(39)26-56(40)48/h15-16,22-24,28,33,38H,11-14,17-21,25-26H2,1-10H3,(H,51,61)(H,53,57)/b16-15+,35-23?,36-22?,37-24?,39-22?,40-24?,41-23?,47-34?,48-34?/t28-,33-,38-/m0/s1. The van der Waals surface area contributed by atoms with Crippen LogP contribution in [0.5, 0.6) is 0 Å². The van der Waals surface area contributed by atoms with Gasteiger partial charge in [-0.05, 0) is 80.5 Å². The zero-order valence-corrected chi connectivity index (χ0v) is 39.8. The van der Waals surface area contributed by atoms with Crippen molar-refractivity contribution >= 4 is 77.0 Å². The molecule has 0 unspecified atom stereocenters. The van der Waals surface area contributed by atoms with E-state index in [0.29, 0.717) is 41.1 Å². The van der Waals surface area contributed by atoms with E-state index < -0.39 is 42.2 Å². The summed E-state index contributed by atoms with van der Waals surface area (Å²) in [7, 11) is 4.98. The number of carbonyl (C=O) groups excluding carboxylic acids is 6. The predicted molar refractivity (Wildman–Crippen MR) is 251 cm³/mol. The Bertz CT molecular complexity index is 2670. The molecular formula is C50H62N6O10. The Kier molecular flexibility index (Phi) is 15.7. The van der Waals surface area contributed by atoms with Gasteiger partial charge in [-0.15, -0.1) is 0 Å². The number of allylic oxidation sites excluding steroid dienone is 4. The van der Waals surface area contributed by atoms with E-state index in [1.807, 2.05) is 13.0 Å². The number of unbranched alkanes of at least 4 members (excludes halogenated alkanes) is 2. The number of hydrogen-bond acceptors (Lipinski definition) is 12. The number of ether oxygens (including phenoxy) is 4. The second-order valence-electron chi connectivity index (χ2n) is 17.0. The van der Waals surface area contributed by atoms with Gasteiger partial charge in [0.2, 0.25) is 5.91 Å². The number of carbonyl (C=O) groups is 6. The molecule has 16 nitrogen and oxygen atoms in total. The summed E-state index contributed by atoms with van der Waals surface area (Å²) >= 11 is 0. The third kappa shape index (κ3) is 9.82. The van der Waals surface area contributed by atoms with E-state index in [2.05, 4.69) is 83.4 Å². The number of methoxy groups -OCH3 is 4. The van der Waals surface area contributed by atoms with Crippen molar-refractivity contribution in [1.82, 2.24) is 19.8 Å². The van der Waals surface area contributed by atoms with Crippen molar-refractivity contribution in [2.75, 3.05) is 35.0 Å². The van der Waals surface area contributed by atoms with Crippen molar-refractivity contribution in [2.24, 2.45) is 21.8 Å². The van der Waals surface area contributed by atoms with Crippen LogP contribution in [0.1, 0.15) is 124 Å². The molecule has 2 N–H and O–H groups in total. The fraction of sp³-hybridized carbons (Fsp3) is 0.480. The van der Waals surface area contributed by atoms with Crippen LogP contribution in [0, 0.1) is 25.7 Å². The van der Waals surface area contributed by atoms with Crippen LogP contribution in [-0.2, 0) is 49.6 Å². The van der Waals surface area contributed by atoms with Gasteiger partial charge in [0, 0.05) is 59.1 Å². The predicted octanol–water partition coefficient (Wildman–Crippen LogP) is 5.00. The molecule has 0 saturated heterocycles. The minimum atomic E-state index is -1.29. The van der Waals surface area contributed by atoms with Crippen LogP contribution >= 0.6 is 0 Å². The second-order valence-corrected chi connectivity index (χ2v) is 17.0. The highest BCUT2D eigenvalue weighted by Gasteiger charge is 2.39. The summed E-state index contributed by atoms with van der Waals surface area (Å²) in [4.78, 5) is 89.6. The Morgan fingerprint density at radius 2 is 1.58 bits per heavy atom. The summed E-state index contributed by atoms with van der Waals surface area (Å²) in [6.07, 6.45) is 13.9. The maximum Gasteiger partial charge on any atom is 0.328 e. The van der Waals surface area contributed by atoms with Crippen LogP contribution < -0.4 is 21.3 Å². The van der Waals surface area contributed by atoms with Crippen LogP contribution in [0.4, 0.5) is 0 Å². The summed E-state index contributed by atoms with van der Waals surface area (Å²) in [5, 5.41) is 7.28. The molecule has 2 aromatic heterocycles. The third-order valence-corrected chi connectivity index (χ3v) is 13.1. The first-order valence-electron chi connectivity index (χ1n) is 22.6. The maximum atomic E-state index is 15.0. The minimum absolute atomic E-state index is 0.0966. The van der Waals surface area contributed by atoms with Gasteiger partial charge in [-0.1, -0.05) is 45.8 Å². The maximum absolute atomic E-state index is 15.0. The Balaban J connectivity index is 1.63. The lowest BCUT2D eigenvalue weighted by Crippen LogP contribution is -2.44. The number of fused-ring (bicyclic) bond motifs is 2. The summed E-state index contributed by atoms with van der Waals surface area (Å²) in [6.45, 7) is 12.5. The molecule has 16 heteroatoms. The topological polar surface area (TPSA) is 198 Å². The number of aliphatic imine (C=N–C) groups is 2. The lowest BCUT2D eigenvalue weighted by Gasteiger charge is -2.22. The zero-order chi connectivity index (χ0) is 48.0. The fourth-order valence-corrected chi connectivity index (χ4v) is 9.32. The zero-order valence-electron chi connectivity index (χ0n) is 39.8. The molecule has 352 valence electrons. The first-order chi connectivity index (χ1) is 31.6. The number of esters is 4. The normalized spacial score (nSPS) is 17.5. The van der Waals surface area contributed by atoms with Gasteiger partial charge in [-0.3, -0.25) is 29.0 Å². The van der Waals surface area contributed by atoms with Gasteiger partial charge in [-0.25, -0.2) is 9.79 Å². The average molecular weight is 907 g/mol. The van der Waals surface area contributed by atoms with Crippen LogP contribution in [-0.4, -0.2) is 97.3 Å². The summed E-state index contributed by atoms with van der Waals surface area (Å²) in [5.41, 5.74) is 9.58. The van der Waals surface area contributed by atoms with Gasteiger partial charge in [0.1, 0.15) is 12.7 Å². The van der Waals surface area contributed by atoms with Gasteiger partial charge in [0.05, 0.1) is 75.0 Å². The highest BCUT2D eigenvalue weighted by Crippen LogP contribution is 2.44. The van der Waals surface area contributed by atoms with E-state index in [1.165, 1.54) is 21.3 Å². The van der Waals surface area contributed by atoms with E-state index in [1.54, 1.807) is 0 Å². The monoisotopic (exact) mass is 906 g/mol. The molecule has 2 amide bonds. The molecule has 6 rings (SSSR count). The molecule has 0 aliphatic carbocycles. The van der Waals surface area contributed by atoms with Gasteiger partial charge in [0.25, 0.3) is 5.91 Å². The number of aromatic nitrogens is 2. The largest absolute Gasteiger partial charge is 0.469 e. The molecule has 0 spiro atoms. The fourth-order valence-electron chi connectivity index (χ4n) is 9.32. The number of hydrogen-bond donors (Lipinski definition) is 2. The van der Waals surface area contributed by atoms with Gasteiger partial charge < -0.3 is 38.7 Å². The molecule has 6 heterocycles. The van der Waals surface area contributed by atoms with Crippen molar-refractivity contribution < 1.29 is 47.7 Å². The van der Waals surface area contributed by atoms with Crippen LogP contribution in [0.25, 0.3) is 29.9 Å². The molecule has 4 aliphatic rings. The van der Waals surface area contributed by atoms with Crippen molar-refractivity contribution in [3.05, 3.63) is 73.0 Å². The molecule has 6 bridgehead atoms. The van der Waals surface area contributed by atoms with Gasteiger partial charge >= 0.3 is 23.9 Å². The summed E-state index contributed by atoms with van der Waals surface area (Å²) in [6, 6.07) is -1.29. The van der Waals surface area contributed by atoms with E-state index in [9.17, 15) is 28.8 Å². The Hall–Kier alpha value is -6.58. The average Bonchev–Trinajstić information content (AvgIpc) is 3.95. The van der Waals surface area contributed by atoms with E-state index in [0.717, 1.165) is 76.5 Å². The van der Waals surface area contributed by atoms with Crippen LogP contribution in [0.15, 0.2) is 38.6 Å². The highest BCUT2D eigenvalue weighted by molar-refractivity contribution is 6.23. The number of nitrogens with zero attached hydrogens (tertiary/aromatic N) is 4. The molecule has 0 radical (unpaired) electrons. The Labute approximate surface area is 385 Å². The van der Waals surface area contributed by atoms with E-state index in [-0.39, 0.29) is 55.8 Å². The molecule has 0 fully saturated rings. The van der Waals surface area contributed by atoms with Crippen molar-refractivity contribution in [1.29, 1.82) is 0 Å². The first-order valence-corrected chi connectivity index (χ1v) is 22.6. The van der Waals surface area contributed by atoms with Gasteiger partial charge in [-0.2, -0.15) is 0 Å². The van der Waals surface area contributed by atoms with Crippen LogP contribution in [0.2, 0.25) is 0 Å². The Morgan fingerprint density at radius 3 is 2.24 bits per heavy atom. The Morgan fingerprint density at radius 1 is 0.848 bits per heavy atom. The smallest absolute Gasteiger partial charge is 0.328 e. The van der Waals surface area contributed by atoms with E-state index >= 15 is 0 Å². The van der Waals surface area contributed by atoms with Crippen molar-refractivity contribution in [3.63, 3.8) is 0 Å². The second kappa shape index (κ2) is 21.2. The lowest BCUT2D eigenvalue weighted by molar-refractivity contribution is -0.150. The van der Waals surface area contributed by atoms with E-state index in [4.69, 9.17) is 24.2 Å². The van der Waals surface area contributed by atoms with Crippen molar-refractivity contribution in [2.45, 2.75) is 112 Å². The lowest BCUT2D eigenvalue weighted by atomic mass is 9.84. The quantitative estimate of drug-likeness (QED) is 0.117. The number of nitrogens with one attached hydrogen (secondary N) is 2. The number of rotatable bonds is 18. The molecule has 4 aliphatic heterocycles. The summed E-state index contributed by atoms with van der Waals surface area (Å²) in [5.74, 6) is -4.18. The van der Waals surface area contributed by atoms with Gasteiger partial charge in [0.15, 0.2) is 0 Å². The molecule has 3 atom stereocenters. The van der Waals surface area contributed by atoms with Crippen LogP contribution in [0.3, 0.4) is 0 Å².